The predicted molar refractivity (Wildman–Crippen MR) is 87.1 cm³/mol. The Hall–Kier alpha value is -1.72. The van der Waals surface area contributed by atoms with E-state index in [4.69, 9.17) is 0 Å². The van der Waals surface area contributed by atoms with Crippen LogP contribution in [-0.4, -0.2) is 60.1 Å². The average Bonchev–Trinajstić information content (AvgIpc) is 2.71. The average molecular weight is 575 g/mol. The Labute approximate surface area is 191 Å². The number of nitrogens with one attached hydrogen (secondary N) is 1. The zero-order valence-electron chi connectivity index (χ0n) is 17.8. The van der Waals surface area contributed by atoms with Gasteiger partial charge in [-0.1, -0.05) is 39.0 Å². The number of hydrogen-bond donors (Lipinski definition) is 1. The van der Waals surface area contributed by atoms with Crippen molar-refractivity contribution in [1.82, 2.24) is 5.32 Å². The minimum Gasteiger partial charge on any atom is -0.351 e. The number of alkyl halides is 17. The molecule has 0 aromatic heterocycles. The summed E-state index contributed by atoms with van der Waals surface area (Å²) in [6.07, 6.45) is -5.40. The van der Waals surface area contributed by atoms with Crippen LogP contribution in [0.5, 0.6) is 0 Å². The second-order valence-corrected chi connectivity index (χ2v) is 7.54. The molecule has 0 aliphatic heterocycles. The topological polar surface area (TPSA) is 29.1 Å². The van der Waals surface area contributed by atoms with Crippen molar-refractivity contribution in [3.8, 4) is 0 Å². The van der Waals surface area contributed by atoms with Crippen LogP contribution in [0, 0.1) is 0 Å². The van der Waals surface area contributed by atoms with Crippen molar-refractivity contribution in [2.75, 3.05) is 6.54 Å². The highest BCUT2D eigenvalue weighted by Crippen LogP contribution is 2.63. The fourth-order valence-corrected chi connectivity index (χ4v) is 2.52. The summed E-state index contributed by atoms with van der Waals surface area (Å²) in [6, 6.07) is 0. The third-order valence-electron chi connectivity index (χ3n) is 4.82. The zero-order chi connectivity index (χ0) is 29.2. The highest BCUT2D eigenvalue weighted by molar-refractivity contribution is 5.84. The van der Waals surface area contributed by atoms with Crippen LogP contribution in [-0.2, 0) is 4.79 Å². The maximum absolute atomic E-state index is 13.7. The second kappa shape index (κ2) is 10.6. The van der Waals surface area contributed by atoms with Crippen LogP contribution in [0.25, 0.3) is 0 Å². The van der Waals surface area contributed by atoms with Gasteiger partial charge in [-0.3, -0.25) is 4.79 Å². The van der Waals surface area contributed by atoms with E-state index >= 15 is 0 Å². The van der Waals surface area contributed by atoms with E-state index in [-0.39, 0.29) is 12.8 Å². The minimum atomic E-state index is -8.71. The molecule has 0 atom stereocenters. The molecule has 0 spiro atoms. The largest absolute Gasteiger partial charge is 0.460 e. The SMILES string of the molecule is CCCCCCCCNC(=O)C(F)(F)C(F)(F)C(F)(F)C(F)(F)C(F)(F)C(F)(F)C(F)(F)C(F)(F)F. The van der Waals surface area contributed by atoms with Gasteiger partial charge >= 0.3 is 47.6 Å². The molecule has 19 heteroatoms. The molecule has 0 saturated carbocycles. The van der Waals surface area contributed by atoms with Gasteiger partial charge in [0.05, 0.1) is 0 Å². The van der Waals surface area contributed by atoms with Crippen molar-refractivity contribution >= 4 is 5.91 Å². The fraction of sp³-hybridized carbons (Fsp3) is 0.941. The van der Waals surface area contributed by atoms with Crippen LogP contribution in [0.3, 0.4) is 0 Å². The molecule has 0 bridgehead atoms. The highest BCUT2D eigenvalue weighted by atomic mass is 19.4. The van der Waals surface area contributed by atoms with E-state index in [0.29, 0.717) is 12.8 Å². The van der Waals surface area contributed by atoms with Crippen LogP contribution in [0.15, 0.2) is 0 Å². The van der Waals surface area contributed by atoms with Crippen LogP contribution in [0.2, 0.25) is 0 Å². The van der Waals surface area contributed by atoms with Crippen molar-refractivity contribution < 1.29 is 79.4 Å². The first kappa shape index (κ1) is 34.3. The molecule has 1 amide bonds. The molecule has 216 valence electrons. The molecule has 0 aromatic rings. The lowest BCUT2D eigenvalue weighted by Gasteiger charge is -2.42. The van der Waals surface area contributed by atoms with Crippen molar-refractivity contribution in [2.45, 2.75) is 93.1 Å². The summed E-state index contributed by atoms with van der Waals surface area (Å²) in [6.45, 7) is 0.852. The van der Waals surface area contributed by atoms with E-state index in [1.807, 2.05) is 0 Å². The Balaban J connectivity index is 6.06. The van der Waals surface area contributed by atoms with E-state index in [1.165, 1.54) is 0 Å². The monoisotopic (exact) mass is 575 g/mol. The van der Waals surface area contributed by atoms with E-state index in [1.54, 1.807) is 6.92 Å². The standard InChI is InChI=1S/C17H18F17NO/c1-2-3-4-5-6-7-8-35-9(36)10(18,19)11(20,21)12(22,23)13(24,25)14(26,27)15(28,29)16(30,31)17(32,33)34/h2-8H2,1H3,(H,35,36). The molecule has 36 heavy (non-hydrogen) atoms. The second-order valence-electron chi connectivity index (χ2n) is 7.54. The molecule has 1 N–H and O–H groups in total. The van der Waals surface area contributed by atoms with Gasteiger partial charge in [-0.05, 0) is 6.42 Å². The summed E-state index contributed by atoms with van der Waals surface area (Å²) in [5.41, 5.74) is 0. The van der Waals surface area contributed by atoms with Gasteiger partial charge in [-0.2, -0.15) is 74.6 Å². The summed E-state index contributed by atoms with van der Waals surface area (Å²) in [7, 11) is 0. The number of rotatable bonds is 14. The van der Waals surface area contributed by atoms with Gasteiger partial charge in [0.1, 0.15) is 0 Å². The van der Waals surface area contributed by atoms with Gasteiger partial charge in [0.15, 0.2) is 0 Å². The Morgan fingerprint density at radius 3 is 1.22 bits per heavy atom. The van der Waals surface area contributed by atoms with Crippen molar-refractivity contribution in [2.24, 2.45) is 0 Å². The third kappa shape index (κ3) is 5.43. The number of halogens is 17. The summed E-state index contributed by atoms with van der Waals surface area (Å²) in [5, 5.41) is 0.905. The molecule has 0 rings (SSSR count). The number of carbonyl (C=O) groups excluding carboxylic acids is 1. The molecule has 2 nitrogen and oxygen atoms in total. The molecule has 0 heterocycles. The van der Waals surface area contributed by atoms with Gasteiger partial charge in [-0.15, -0.1) is 0 Å². The van der Waals surface area contributed by atoms with Gasteiger partial charge in [0.2, 0.25) is 0 Å². The van der Waals surface area contributed by atoms with Gasteiger partial charge in [0.25, 0.3) is 5.91 Å². The Morgan fingerprint density at radius 1 is 0.500 bits per heavy atom. The first-order chi connectivity index (χ1) is 15.7. The van der Waals surface area contributed by atoms with Crippen LogP contribution in [0.1, 0.15) is 45.4 Å². The number of unbranched alkanes of at least 4 members (excludes halogenated alkanes) is 5. The van der Waals surface area contributed by atoms with E-state index < -0.39 is 60.1 Å². The van der Waals surface area contributed by atoms with E-state index in [9.17, 15) is 79.4 Å². The lowest BCUT2D eigenvalue weighted by atomic mass is 9.89. The summed E-state index contributed by atoms with van der Waals surface area (Å²) < 4.78 is 223. The molecule has 0 aromatic carbocycles. The Morgan fingerprint density at radius 2 is 0.833 bits per heavy atom. The highest BCUT2D eigenvalue weighted by Gasteiger charge is 2.95. The lowest BCUT2D eigenvalue weighted by Crippen LogP contribution is -2.75. The van der Waals surface area contributed by atoms with Gasteiger partial charge in [-0.25, -0.2) is 0 Å². The van der Waals surface area contributed by atoms with E-state index in [0.717, 1.165) is 18.2 Å². The number of hydrogen-bond acceptors (Lipinski definition) is 1. The molecule has 0 radical (unpaired) electrons. The quantitative estimate of drug-likeness (QED) is 0.169. The molecule has 0 aliphatic rings. The number of amides is 1. The number of carbonyl (C=O) groups is 1. The van der Waals surface area contributed by atoms with Crippen LogP contribution < -0.4 is 5.32 Å². The first-order valence-corrected chi connectivity index (χ1v) is 9.73. The minimum absolute atomic E-state index is 0.158. The Kier molecular flexibility index (Phi) is 10.1. The molecule has 0 fully saturated rings. The van der Waals surface area contributed by atoms with Crippen LogP contribution in [0.4, 0.5) is 74.6 Å². The third-order valence-corrected chi connectivity index (χ3v) is 4.82. The maximum atomic E-state index is 13.7. The molecule has 0 unspecified atom stereocenters. The zero-order valence-corrected chi connectivity index (χ0v) is 17.8. The van der Waals surface area contributed by atoms with Crippen molar-refractivity contribution in [3.63, 3.8) is 0 Å². The molecule has 0 saturated heterocycles. The fourth-order valence-electron chi connectivity index (χ4n) is 2.52. The molecular weight excluding hydrogens is 557 g/mol. The lowest BCUT2D eigenvalue weighted by molar-refractivity contribution is -0.459. The van der Waals surface area contributed by atoms with Gasteiger partial charge < -0.3 is 5.32 Å². The Bertz CT molecular complexity index is 744. The predicted octanol–water partition coefficient (Wildman–Crippen LogP) is 7.47. The van der Waals surface area contributed by atoms with E-state index in [2.05, 4.69) is 0 Å². The maximum Gasteiger partial charge on any atom is 0.460 e. The molecular formula is C17H18F17NO. The van der Waals surface area contributed by atoms with Gasteiger partial charge in [0, 0.05) is 6.54 Å². The van der Waals surface area contributed by atoms with Crippen molar-refractivity contribution in [1.29, 1.82) is 0 Å². The first-order valence-electron chi connectivity index (χ1n) is 9.73. The normalized spacial score (nSPS) is 15.3. The summed E-state index contributed by atoms with van der Waals surface area (Å²) in [5.74, 6) is -61.2. The van der Waals surface area contributed by atoms with Crippen molar-refractivity contribution in [3.05, 3.63) is 0 Å². The smallest absolute Gasteiger partial charge is 0.351 e. The van der Waals surface area contributed by atoms with Crippen LogP contribution >= 0.6 is 0 Å². The summed E-state index contributed by atoms with van der Waals surface area (Å²) >= 11 is 0. The molecule has 0 aliphatic carbocycles. The summed E-state index contributed by atoms with van der Waals surface area (Å²) in [4.78, 5) is 11.2.